The fraction of sp³-hybridized carbons (Fsp3) is 0.235. The number of pyridine rings is 1. The molecule has 4 N–H and O–H groups in total. The summed E-state index contributed by atoms with van der Waals surface area (Å²) in [4.78, 5) is 20.5. The molecule has 0 radical (unpaired) electrons. The van der Waals surface area contributed by atoms with E-state index < -0.39 is 41.2 Å². The fourth-order valence-electron chi connectivity index (χ4n) is 2.55. The molecule has 2 unspecified atom stereocenters. The van der Waals surface area contributed by atoms with Crippen LogP contribution in [0.25, 0.3) is 10.9 Å². The lowest BCUT2D eigenvalue weighted by molar-refractivity contribution is -0.137. The number of aliphatic hydroxyl groups is 2. The number of fused-ring (bicyclic) bond motifs is 1. The highest BCUT2D eigenvalue weighted by Gasteiger charge is 2.33. The summed E-state index contributed by atoms with van der Waals surface area (Å²) in [6.07, 6.45) is -6.26. The van der Waals surface area contributed by atoms with Gasteiger partial charge in [-0.25, -0.2) is 9.97 Å². The third-order valence-corrected chi connectivity index (χ3v) is 4.62. The lowest BCUT2D eigenvalue weighted by Gasteiger charge is -2.19. The summed E-state index contributed by atoms with van der Waals surface area (Å²) >= 11 is 1.08. The van der Waals surface area contributed by atoms with Gasteiger partial charge in [-0.3, -0.25) is 10.1 Å². The molecule has 0 saturated carbocycles. The number of hydrogen-bond donors (Lipinski definition) is 4. The van der Waals surface area contributed by atoms with Gasteiger partial charge in [0.1, 0.15) is 17.4 Å². The molecule has 0 spiro atoms. The zero-order valence-electron chi connectivity index (χ0n) is 14.2. The number of aromatic hydroxyl groups is 1. The van der Waals surface area contributed by atoms with Crippen molar-refractivity contribution >= 4 is 33.3 Å². The zero-order valence-corrected chi connectivity index (χ0v) is 15.0. The number of aliphatic hydroxyl groups excluding tert-OH is 2. The number of thiazole rings is 1. The van der Waals surface area contributed by atoms with Crippen LogP contribution in [0.2, 0.25) is 0 Å². The second-order valence-electron chi connectivity index (χ2n) is 5.93. The van der Waals surface area contributed by atoms with Gasteiger partial charge in [-0.05, 0) is 25.1 Å². The summed E-state index contributed by atoms with van der Waals surface area (Å²) in [5, 5.41) is 34.3. The molecule has 0 aliphatic heterocycles. The standard InChI is InChI=1S/C17H14F3N3O4S/c1-7(24)13(25)12-11(15(27)23-16-21-4-5-28-16)14(26)9-6-8(17(18,19)20)2-3-10(9)22-12/h2-7,13,24-25H,1H3,(H,22,26)(H,21,23,27). The summed E-state index contributed by atoms with van der Waals surface area (Å²) in [6.45, 7) is 1.24. The third kappa shape index (κ3) is 3.77. The third-order valence-electron chi connectivity index (χ3n) is 3.93. The molecule has 2 atom stereocenters. The Balaban J connectivity index is 2.22. The second-order valence-corrected chi connectivity index (χ2v) is 6.82. The van der Waals surface area contributed by atoms with Crippen LogP contribution < -0.4 is 5.32 Å². The highest BCUT2D eigenvalue weighted by molar-refractivity contribution is 7.13. The average molecular weight is 413 g/mol. The molecular weight excluding hydrogens is 399 g/mol. The molecule has 3 aromatic rings. The van der Waals surface area contributed by atoms with Gasteiger partial charge >= 0.3 is 6.18 Å². The highest BCUT2D eigenvalue weighted by Crippen LogP contribution is 2.37. The van der Waals surface area contributed by atoms with E-state index in [0.717, 1.165) is 23.5 Å². The molecule has 148 valence electrons. The minimum atomic E-state index is -4.66. The van der Waals surface area contributed by atoms with Crippen LogP contribution >= 0.6 is 11.3 Å². The van der Waals surface area contributed by atoms with Crippen LogP contribution in [0.5, 0.6) is 5.75 Å². The lowest BCUT2D eigenvalue weighted by atomic mass is 9.99. The summed E-state index contributed by atoms with van der Waals surface area (Å²) in [5.74, 6) is -1.73. The molecule has 3 rings (SSSR count). The lowest BCUT2D eigenvalue weighted by Crippen LogP contribution is -2.22. The Morgan fingerprint density at radius 3 is 2.57 bits per heavy atom. The predicted molar refractivity (Wildman–Crippen MR) is 95.1 cm³/mol. The number of halogens is 3. The van der Waals surface area contributed by atoms with Crippen molar-refractivity contribution in [2.45, 2.75) is 25.3 Å². The topological polar surface area (TPSA) is 116 Å². The Morgan fingerprint density at radius 2 is 2.00 bits per heavy atom. The van der Waals surface area contributed by atoms with Gasteiger partial charge in [-0.1, -0.05) is 0 Å². The van der Waals surface area contributed by atoms with Crippen LogP contribution in [0, 0.1) is 0 Å². The average Bonchev–Trinajstić information content (AvgIpc) is 3.12. The number of anilines is 1. The van der Waals surface area contributed by atoms with E-state index in [-0.39, 0.29) is 21.7 Å². The molecule has 0 aliphatic carbocycles. The molecule has 28 heavy (non-hydrogen) atoms. The zero-order chi connectivity index (χ0) is 20.6. The first-order valence-corrected chi connectivity index (χ1v) is 8.78. The molecule has 0 aliphatic rings. The van der Waals surface area contributed by atoms with E-state index in [4.69, 9.17) is 0 Å². The molecule has 2 heterocycles. The van der Waals surface area contributed by atoms with Crippen LogP contribution in [-0.2, 0) is 6.18 Å². The molecular formula is C17H14F3N3O4S. The number of nitrogens with one attached hydrogen (secondary N) is 1. The molecule has 1 amide bonds. The van der Waals surface area contributed by atoms with Crippen LogP contribution in [0.4, 0.5) is 18.3 Å². The van der Waals surface area contributed by atoms with Crippen LogP contribution in [0.3, 0.4) is 0 Å². The summed E-state index contributed by atoms with van der Waals surface area (Å²) < 4.78 is 39.0. The Kier molecular flexibility index (Phi) is 5.24. The van der Waals surface area contributed by atoms with Crippen molar-refractivity contribution < 1.29 is 33.3 Å². The number of nitrogens with zero attached hydrogens (tertiary/aromatic N) is 2. The van der Waals surface area contributed by atoms with Crippen molar-refractivity contribution in [3.63, 3.8) is 0 Å². The Labute approximate surface area is 160 Å². The van der Waals surface area contributed by atoms with Gasteiger partial charge in [0, 0.05) is 17.0 Å². The smallest absolute Gasteiger partial charge is 0.416 e. The minimum Gasteiger partial charge on any atom is -0.506 e. The van der Waals surface area contributed by atoms with Crippen molar-refractivity contribution in [2.75, 3.05) is 5.32 Å². The summed E-state index contributed by atoms with van der Waals surface area (Å²) in [7, 11) is 0. The number of alkyl halides is 3. The van der Waals surface area contributed by atoms with Crippen molar-refractivity contribution in [2.24, 2.45) is 0 Å². The summed E-state index contributed by atoms with van der Waals surface area (Å²) in [5.41, 5.74) is -2.03. The maximum Gasteiger partial charge on any atom is 0.416 e. The van der Waals surface area contributed by atoms with Gasteiger partial charge in [0.2, 0.25) is 0 Å². The van der Waals surface area contributed by atoms with Crippen LogP contribution in [0.1, 0.15) is 34.6 Å². The van der Waals surface area contributed by atoms with Crippen molar-refractivity contribution in [1.29, 1.82) is 0 Å². The molecule has 11 heteroatoms. The van der Waals surface area contributed by atoms with Gasteiger partial charge < -0.3 is 15.3 Å². The number of rotatable bonds is 4. The molecule has 0 saturated heterocycles. The first-order valence-electron chi connectivity index (χ1n) is 7.90. The largest absolute Gasteiger partial charge is 0.506 e. The van der Waals surface area contributed by atoms with E-state index in [0.29, 0.717) is 6.07 Å². The Bertz CT molecular complexity index is 1020. The normalized spacial score (nSPS) is 14.1. The van der Waals surface area contributed by atoms with E-state index >= 15 is 0 Å². The molecule has 2 aromatic heterocycles. The van der Waals surface area contributed by atoms with E-state index in [1.807, 2.05) is 0 Å². The number of carbonyl (C=O) groups excluding carboxylic acids is 1. The maximum absolute atomic E-state index is 13.0. The molecule has 1 aromatic carbocycles. The maximum atomic E-state index is 13.0. The fourth-order valence-corrected chi connectivity index (χ4v) is 3.08. The predicted octanol–water partition coefficient (Wildman–Crippen LogP) is 3.08. The number of amides is 1. The Morgan fingerprint density at radius 1 is 1.29 bits per heavy atom. The van der Waals surface area contributed by atoms with Crippen molar-refractivity contribution in [3.05, 3.63) is 46.6 Å². The van der Waals surface area contributed by atoms with Crippen LogP contribution in [-0.4, -0.2) is 37.3 Å². The number of aromatic nitrogens is 2. The minimum absolute atomic E-state index is 0.0778. The van der Waals surface area contributed by atoms with E-state index in [9.17, 15) is 33.3 Å². The second kappa shape index (κ2) is 7.34. The van der Waals surface area contributed by atoms with Gasteiger partial charge in [0.15, 0.2) is 5.13 Å². The first kappa shape index (κ1) is 20.0. The van der Waals surface area contributed by atoms with Gasteiger partial charge in [-0.15, -0.1) is 11.3 Å². The van der Waals surface area contributed by atoms with E-state index in [1.165, 1.54) is 13.1 Å². The van der Waals surface area contributed by atoms with E-state index in [1.54, 1.807) is 5.38 Å². The van der Waals surface area contributed by atoms with Gasteiger partial charge in [-0.2, -0.15) is 13.2 Å². The number of hydrogen-bond acceptors (Lipinski definition) is 7. The van der Waals surface area contributed by atoms with Gasteiger partial charge in [0.25, 0.3) is 5.91 Å². The van der Waals surface area contributed by atoms with Crippen molar-refractivity contribution in [1.82, 2.24) is 9.97 Å². The van der Waals surface area contributed by atoms with Gasteiger partial charge in [0.05, 0.1) is 22.9 Å². The first-order chi connectivity index (χ1) is 13.1. The molecule has 7 nitrogen and oxygen atoms in total. The quantitative estimate of drug-likeness (QED) is 0.523. The highest BCUT2D eigenvalue weighted by atomic mass is 32.1. The summed E-state index contributed by atoms with van der Waals surface area (Å²) in [6, 6.07) is 2.44. The molecule has 0 fully saturated rings. The SMILES string of the molecule is CC(O)C(O)c1nc2ccc(C(F)(F)F)cc2c(O)c1C(=O)Nc1nccs1. The number of benzene rings is 1. The van der Waals surface area contributed by atoms with Crippen LogP contribution in [0.15, 0.2) is 29.8 Å². The van der Waals surface area contributed by atoms with E-state index in [2.05, 4.69) is 15.3 Å². The monoisotopic (exact) mass is 413 g/mol. The number of carbonyl (C=O) groups is 1. The molecule has 0 bridgehead atoms. The van der Waals surface area contributed by atoms with Crippen molar-refractivity contribution in [3.8, 4) is 5.75 Å². The Hall–Kier alpha value is -2.76.